The first kappa shape index (κ1) is 27.4. The molecule has 0 radical (unpaired) electrons. The third kappa shape index (κ3) is 7.57. The van der Waals surface area contributed by atoms with E-state index in [9.17, 15) is 19.8 Å². The molecule has 0 aromatic carbocycles. The van der Waals surface area contributed by atoms with Gasteiger partial charge in [0.25, 0.3) is 0 Å². The maximum atomic E-state index is 13.1. The van der Waals surface area contributed by atoms with Gasteiger partial charge in [0.15, 0.2) is 0 Å². The van der Waals surface area contributed by atoms with E-state index in [1.54, 1.807) is 32.1 Å². The Bertz CT molecular complexity index is 874. The molecule has 2 heterocycles. The quantitative estimate of drug-likeness (QED) is 0.492. The van der Waals surface area contributed by atoms with Crippen LogP contribution in [0.5, 0.6) is 0 Å². The van der Waals surface area contributed by atoms with Crippen LogP contribution in [0.4, 0.5) is 0 Å². The van der Waals surface area contributed by atoms with Crippen LogP contribution in [0.15, 0.2) is 23.1 Å². The molecule has 0 bridgehead atoms. The normalized spacial score (nSPS) is 31.8. The zero-order chi connectivity index (χ0) is 24.8. The maximum absolute atomic E-state index is 13.1. The van der Waals surface area contributed by atoms with Crippen LogP contribution < -0.4 is 0 Å². The van der Waals surface area contributed by atoms with Gasteiger partial charge in [0.2, 0.25) is 0 Å². The van der Waals surface area contributed by atoms with E-state index < -0.39 is 35.6 Å². The van der Waals surface area contributed by atoms with E-state index in [0.29, 0.717) is 19.6 Å². The zero-order valence-electron chi connectivity index (χ0n) is 20.4. The summed E-state index contributed by atoms with van der Waals surface area (Å²) in [6, 6.07) is 0. The summed E-state index contributed by atoms with van der Waals surface area (Å²) in [6.07, 6.45) is 3.05. The predicted molar refractivity (Wildman–Crippen MR) is 129 cm³/mol. The largest absolute Gasteiger partial charge is 0.457 e. The summed E-state index contributed by atoms with van der Waals surface area (Å²) < 4.78 is 11.4. The van der Waals surface area contributed by atoms with Crippen molar-refractivity contribution in [2.75, 3.05) is 13.2 Å². The predicted octanol–water partition coefficient (Wildman–Crippen LogP) is 3.72. The average molecular weight is 480 g/mol. The number of aliphatic hydroxyl groups excluding tert-OH is 2. The van der Waals surface area contributed by atoms with Crippen molar-refractivity contribution in [3.8, 4) is 0 Å². The molecule has 1 aromatic heterocycles. The van der Waals surface area contributed by atoms with Crippen LogP contribution in [0.25, 0.3) is 6.08 Å². The van der Waals surface area contributed by atoms with E-state index in [4.69, 9.17) is 9.47 Å². The number of aromatic nitrogens is 1. The number of aliphatic hydroxyl groups is 2. The second-order valence-corrected chi connectivity index (χ2v) is 10.5. The van der Waals surface area contributed by atoms with Crippen molar-refractivity contribution in [3.05, 3.63) is 33.8 Å². The molecule has 8 heteroatoms. The number of nitrogens with zero attached hydrogens (tertiary/aromatic N) is 1. The van der Waals surface area contributed by atoms with Gasteiger partial charge in [-0.1, -0.05) is 39.8 Å². The summed E-state index contributed by atoms with van der Waals surface area (Å²) in [5, 5.41) is 24.3. The second-order valence-electron chi connectivity index (χ2n) is 9.47. The molecule has 1 aliphatic heterocycles. The smallest absolute Gasteiger partial charge is 0.309 e. The molecule has 0 saturated carbocycles. The lowest BCUT2D eigenvalue weighted by atomic mass is 9.73. The van der Waals surface area contributed by atoms with Crippen molar-refractivity contribution >= 4 is 29.2 Å². The van der Waals surface area contributed by atoms with Crippen LogP contribution in [-0.4, -0.2) is 58.5 Å². The molecule has 2 rings (SSSR count). The maximum Gasteiger partial charge on any atom is 0.309 e. The highest BCUT2D eigenvalue weighted by Crippen LogP contribution is 2.31. The molecule has 1 aromatic rings. The van der Waals surface area contributed by atoms with Gasteiger partial charge in [-0.25, -0.2) is 4.98 Å². The first-order valence-electron chi connectivity index (χ1n) is 11.4. The van der Waals surface area contributed by atoms with Crippen molar-refractivity contribution < 1.29 is 29.3 Å². The molecule has 184 valence electrons. The van der Waals surface area contributed by atoms with Gasteiger partial charge in [-0.3, -0.25) is 9.59 Å². The summed E-state index contributed by atoms with van der Waals surface area (Å²) >= 11 is 1.54. The van der Waals surface area contributed by atoms with E-state index >= 15 is 0 Å². The van der Waals surface area contributed by atoms with Crippen LogP contribution in [0.3, 0.4) is 0 Å². The van der Waals surface area contributed by atoms with Crippen molar-refractivity contribution in [1.29, 1.82) is 0 Å². The van der Waals surface area contributed by atoms with Crippen LogP contribution in [0, 0.1) is 24.2 Å². The number of ketones is 1. The number of hydrogen-bond acceptors (Lipinski definition) is 8. The summed E-state index contributed by atoms with van der Waals surface area (Å²) in [5.74, 6) is -1.87. The fourth-order valence-electron chi connectivity index (χ4n) is 3.83. The molecule has 5 unspecified atom stereocenters. The lowest BCUT2D eigenvalue weighted by Crippen LogP contribution is -2.46. The van der Waals surface area contributed by atoms with E-state index in [1.807, 2.05) is 44.4 Å². The number of hydrogen-bond donors (Lipinski definition) is 2. The average Bonchev–Trinajstić information content (AvgIpc) is 3.16. The Hall–Kier alpha value is -1.87. The third-order valence-corrected chi connectivity index (χ3v) is 7.03. The zero-order valence-corrected chi connectivity index (χ0v) is 21.2. The minimum atomic E-state index is -1.24. The monoisotopic (exact) mass is 479 g/mol. The van der Waals surface area contributed by atoms with Gasteiger partial charge >= 0.3 is 5.97 Å². The molecule has 0 saturated heterocycles. The SMILES string of the molecule is CC(=Cc1csc(C)n1)C1C/C=C\COCC(C)C(O)C(C)C(=O)C(C)(C)C(O)CC(=O)O1. The van der Waals surface area contributed by atoms with Crippen LogP contribution in [0.1, 0.15) is 58.2 Å². The van der Waals surface area contributed by atoms with E-state index in [2.05, 4.69) is 4.98 Å². The lowest BCUT2D eigenvalue weighted by molar-refractivity contribution is -0.154. The fraction of sp³-hybridized carbons (Fsp3) is 0.640. The fourth-order valence-corrected chi connectivity index (χ4v) is 4.40. The molecule has 0 amide bonds. The molecule has 0 spiro atoms. The Morgan fingerprint density at radius 2 is 1.94 bits per heavy atom. The number of Topliss-reactive ketones (excluding diaryl/α,β-unsaturated/α-hetero) is 1. The topological polar surface area (TPSA) is 106 Å². The first-order valence-corrected chi connectivity index (χ1v) is 12.2. The highest BCUT2D eigenvalue weighted by molar-refractivity contribution is 7.09. The molecule has 1 aliphatic rings. The molecular weight excluding hydrogens is 442 g/mol. The van der Waals surface area contributed by atoms with Gasteiger partial charge < -0.3 is 19.7 Å². The number of carbonyl (C=O) groups is 2. The Morgan fingerprint density at radius 1 is 1.24 bits per heavy atom. The van der Waals surface area contributed by atoms with Gasteiger partial charge in [-0.05, 0) is 25.5 Å². The molecule has 0 aliphatic carbocycles. The number of rotatable bonds is 2. The number of thiazole rings is 1. The van der Waals surface area contributed by atoms with Crippen LogP contribution in [-0.2, 0) is 19.1 Å². The summed E-state index contributed by atoms with van der Waals surface area (Å²) in [4.78, 5) is 30.2. The number of carbonyl (C=O) groups excluding carboxylic acids is 2. The minimum Gasteiger partial charge on any atom is -0.457 e. The molecule has 33 heavy (non-hydrogen) atoms. The van der Waals surface area contributed by atoms with Gasteiger partial charge in [-0.2, -0.15) is 0 Å². The van der Waals surface area contributed by atoms with E-state index in [1.165, 1.54) is 0 Å². The Labute approximate surface area is 200 Å². The molecular formula is C25H37NO6S. The van der Waals surface area contributed by atoms with Crippen LogP contribution >= 0.6 is 11.3 Å². The van der Waals surface area contributed by atoms with E-state index in [0.717, 1.165) is 16.3 Å². The van der Waals surface area contributed by atoms with Crippen molar-refractivity contribution in [3.63, 3.8) is 0 Å². The molecule has 7 nitrogen and oxygen atoms in total. The molecule has 5 atom stereocenters. The lowest BCUT2D eigenvalue weighted by Gasteiger charge is -2.34. The number of cyclic esters (lactones) is 1. The Balaban J connectivity index is 2.27. The van der Waals surface area contributed by atoms with Gasteiger partial charge in [0, 0.05) is 23.6 Å². The Morgan fingerprint density at radius 3 is 2.58 bits per heavy atom. The summed E-state index contributed by atoms with van der Waals surface area (Å²) in [6.45, 7) is 11.1. The minimum absolute atomic E-state index is 0.261. The van der Waals surface area contributed by atoms with Crippen molar-refractivity contribution in [2.24, 2.45) is 17.3 Å². The second kappa shape index (κ2) is 12.0. The van der Waals surface area contributed by atoms with Gasteiger partial charge in [-0.15, -0.1) is 11.3 Å². The highest BCUT2D eigenvalue weighted by Gasteiger charge is 2.42. The van der Waals surface area contributed by atoms with Crippen LogP contribution in [0.2, 0.25) is 0 Å². The van der Waals surface area contributed by atoms with Gasteiger partial charge in [0.05, 0.1) is 48.0 Å². The van der Waals surface area contributed by atoms with E-state index in [-0.39, 0.29) is 18.1 Å². The van der Waals surface area contributed by atoms with Gasteiger partial charge in [0.1, 0.15) is 11.9 Å². The number of ether oxygens (including phenoxy) is 2. The molecule has 0 fully saturated rings. The highest BCUT2D eigenvalue weighted by atomic mass is 32.1. The standard InChI is InChI=1S/C25H37NO6S/c1-15(11-19-14-33-18(4)26-19)20-9-7-8-10-31-13-16(2)23(29)17(3)24(30)25(5,6)21(27)12-22(28)32-20/h7-8,11,14,16-17,20-21,23,27,29H,9-10,12-13H2,1-6H3/b8-7-,15-11?. The third-order valence-electron chi connectivity index (χ3n) is 6.24. The number of aryl methyl sites for hydroxylation is 1. The molecule has 2 N–H and O–H groups in total. The first-order chi connectivity index (χ1) is 15.4. The number of esters is 1. The summed E-state index contributed by atoms with van der Waals surface area (Å²) in [5.41, 5.74) is 0.407. The van der Waals surface area contributed by atoms with Crippen molar-refractivity contribution in [2.45, 2.75) is 72.7 Å². The Kier molecular flexibility index (Phi) is 9.97. The van der Waals surface area contributed by atoms with Crippen molar-refractivity contribution in [1.82, 2.24) is 4.98 Å². The summed E-state index contributed by atoms with van der Waals surface area (Å²) in [7, 11) is 0.